The Morgan fingerprint density at radius 2 is 0.778 bits per heavy atom. The van der Waals surface area contributed by atoms with Crippen LogP contribution in [0.3, 0.4) is 0 Å². The number of esters is 3. The van der Waals surface area contributed by atoms with E-state index in [2.05, 4.69) is 19.7 Å². The van der Waals surface area contributed by atoms with E-state index in [4.69, 9.17) is 14.2 Å². The van der Waals surface area contributed by atoms with E-state index in [1.165, 1.54) is 0 Å². The molecule has 0 atom stereocenters. The Morgan fingerprint density at radius 1 is 0.472 bits per heavy atom. The van der Waals surface area contributed by atoms with E-state index in [9.17, 15) is 14.4 Å². The lowest BCUT2D eigenvalue weighted by Crippen LogP contribution is -2.08. The molecule has 0 N–H and O–H groups in total. The van der Waals surface area contributed by atoms with E-state index >= 15 is 0 Å². The summed E-state index contributed by atoms with van der Waals surface area (Å²) in [5.74, 6) is -0.436. The zero-order valence-electron chi connectivity index (χ0n) is 20.4. The molecule has 0 radical (unpaired) electrons. The first-order valence-corrected chi connectivity index (χ1v) is 11.0. The van der Waals surface area contributed by atoms with Crippen molar-refractivity contribution >= 4 is 17.9 Å². The molecule has 3 aromatic carbocycles. The van der Waals surface area contributed by atoms with E-state index < -0.39 is 17.9 Å². The SMILES string of the molecule is C=C(C)C(=O)Oc1ccc(-c2cc(OC(=O)C(=C)C)cc(-c3ccc(OC(=O)C(=C)C)cc3)c2)cc1. The summed E-state index contributed by atoms with van der Waals surface area (Å²) < 4.78 is 16.0. The molecule has 6 heteroatoms. The molecule has 0 aliphatic carbocycles. The fourth-order valence-corrected chi connectivity index (χ4v) is 3.00. The molecule has 0 saturated carbocycles. The van der Waals surface area contributed by atoms with E-state index in [0.29, 0.717) is 28.4 Å². The van der Waals surface area contributed by atoms with Crippen molar-refractivity contribution in [2.75, 3.05) is 0 Å². The average molecular weight is 483 g/mol. The first-order chi connectivity index (χ1) is 17.0. The van der Waals surface area contributed by atoms with Crippen molar-refractivity contribution in [2.45, 2.75) is 20.8 Å². The second kappa shape index (κ2) is 11.1. The molecule has 0 bridgehead atoms. The summed E-state index contributed by atoms with van der Waals surface area (Å²) in [6.07, 6.45) is 0. The molecule has 3 aromatic rings. The molecular formula is C30H26O6. The van der Waals surface area contributed by atoms with E-state index in [1.54, 1.807) is 81.4 Å². The Bertz CT molecular complexity index is 1270. The Morgan fingerprint density at radius 3 is 1.08 bits per heavy atom. The van der Waals surface area contributed by atoms with E-state index in [1.807, 2.05) is 6.07 Å². The van der Waals surface area contributed by atoms with Gasteiger partial charge in [0.1, 0.15) is 17.2 Å². The first-order valence-electron chi connectivity index (χ1n) is 11.0. The van der Waals surface area contributed by atoms with Crippen molar-refractivity contribution in [3.8, 4) is 39.5 Å². The summed E-state index contributed by atoms with van der Waals surface area (Å²) in [6, 6.07) is 19.3. The minimum absolute atomic E-state index is 0.273. The van der Waals surface area contributed by atoms with Crippen LogP contribution in [-0.4, -0.2) is 17.9 Å². The number of benzene rings is 3. The molecule has 0 fully saturated rings. The average Bonchev–Trinajstić information content (AvgIpc) is 2.84. The van der Waals surface area contributed by atoms with E-state index in [0.717, 1.165) is 22.3 Å². The van der Waals surface area contributed by atoms with Crippen LogP contribution in [0.1, 0.15) is 20.8 Å². The smallest absolute Gasteiger partial charge is 0.338 e. The summed E-state index contributed by atoms with van der Waals surface area (Å²) in [7, 11) is 0. The van der Waals surface area contributed by atoms with Gasteiger partial charge in [0.25, 0.3) is 0 Å². The number of hydrogen-bond acceptors (Lipinski definition) is 6. The third kappa shape index (κ3) is 6.67. The summed E-state index contributed by atoms with van der Waals surface area (Å²) in [5.41, 5.74) is 4.04. The van der Waals surface area contributed by atoms with Crippen molar-refractivity contribution in [1.29, 1.82) is 0 Å². The minimum atomic E-state index is -0.540. The molecule has 0 heterocycles. The van der Waals surface area contributed by atoms with Crippen LogP contribution in [0.25, 0.3) is 22.3 Å². The Labute approximate surface area is 210 Å². The lowest BCUT2D eigenvalue weighted by Gasteiger charge is -2.12. The number of carbonyl (C=O) groups excluding carboxylic acids is 3. The van der Waals surface area contributed by atoms with Gasteiger partial charge in [-0.05, 0) is 85.5 Å². The fourth-order valence-electron chi connectivity index (χ4n) is 3.00. The standard InChI is InChI=1S/C30H26O6/c1-18(2)28(31)34-25-11-7-21(8-12-25)23-15-24(17-27(16-23)36-30(33)20(5)6)22-9-13-26(14-10-22)35-29(32)19(3)4/h7-17H,1,3,5H2,2,4,6H3. The lowest BCUT2D eigenvalue weighted by molar-refractivity contribution is -0.130. The second-order valence-corrected chi connectivity index (χ2v) is 8.30. The van der Waals surface area contributed by atoms with Gasteiger partial charge in [-0.15, -0.1) is 0 Å². The summed E-state index contributed by atoms with van der Waals surface area (Å²) in [5, 5.41) is 0. The highest BCUT2D eigenvalue weighted by atomic mass is 16.5. The molecule has 0 unspecified atom stereocenters. The van der Waals surface area contributed by atoms with Crippen LogP contribution in [-0.2, 0) is 14.4 Å². The van der Waals surface area contributed by atoms with Gasteiger partial charge in [0.2, 0.25) is 0 Å². The number of hydrogen-bond donors (Lipinski definition) is 0. The fraction of sp³-hybridized carbons (Fsp3) is 0.100. The van der Waals surface area contributed by atoms with Crippen molar-refractivity contribution < 1.29 is 28.6 Å². The molecule has 0 saturated heterocycles. The van der Waals surface area contributed by atoms with Gasteiger partial charge < -0.3 is 14.2 Å². The molecule has 0 aliphatic heterocycles. The first kappa shape index (κ1) is 25.9. The maximum absolute atomic E-state index is 12.2. The molecular weight excluding hydrogens is 456 g/mol. The topological polar surface area (TPSA) is 78.9 Å². The van der Waals surface area contributed by atoms with Gasteiger partial charge >= 0.3 is 17.9 Å². The van der Waals surface area contributed by atoms with Gasteiger partial charge in [0.15, 0.2) is 0 Å². The predicted octanol–water partition coefficient (Wildman–Crippen LogP) is 6.47. The Kier molecular flexibility index (Phi) is 8.02. The van der Waals surface area contributed by atoms with Crippen molar-refractivity contribution in [2.24, 2.45) is 0 Å². The monoisotopic (exact) mass is 482 g/mol. The maximum atomic E-state index is 12.2. The van der Waals surface area contributed by atoms with Crippen molar-refractivity contribution in [3.63, 3.8) is 0 Å². The molecule has 0 amide bonds. The van der Waals surface area contributed by atoms with Gasteiger partial charge in [0.05, 0.1) is 0 Å². The number of rotatable bonds is 8. The van der Waals surface area contributed by atoms with Crippen molar-refractivity contribution in [1.82, 2.24) is 0 Å². The molecule has 0 aliphatic rings. The zero-order chi connectivity index (χ0) is 26.4. The highest BCUT2D eigenvalue weighted by molar-refractivity contribution is 5.90. The molecule has 0 aromatic heterocycles. The quantitative estimate of drug-likeness (QED) is 0.208. The van der Waals surface area contributed by atoms with Gasteiger partial charge in [-0.3, -0.25) is 0 Å². The normalized spacial score (nSPS) is 10.2. The van der Waals surface area contributed by atoms with Crippen LogP contribution in [0, 0.1) is 0 Å². The highest BCUT2D eigenvalue weighted by Crippen LogP contribution is 2.33. The lowest BCUT2D eigenvalue weighted by atomic mass is 9.98. The summed E-state index contributed by atoms with van der Waals surface area (Å²) >= 11 is 0. The Balaban J connectivity index is 1.96. The van der Waals surface area contributed by atoms with Crippen LogP contribution in [0.4, 0.5) is 0 Å². The summed E-state index contributed by atoms with van der Waals surface area (Å²) in [6.45, 7) is 15.5. The largest absolute Gasteiger partial charge is 0.423 e. The molecule has 6 nitrogen and oxygen atoms in total. The maximum Gasteiger partial charge on any atom is 0.338 e. The van der Waals surface area contributed by atoms with Gasteiger partial charge in [-0.1, -0.05) is 44.0 Å². The molecule has 0 spiro atoms. The van der Waals surface area contributed by atoms with Gasteiger partial charge in [0, 0.05) is 16.7 Å². The number of ether oxygens (including phenoxy) is 3. The van der Waals surface area contributed by atoms with Crippen LogP contribution < -0.4 is 14.2 Å². The van der Waals surface area contributed by atoms with Crippen LogP contribution in [0.5, 0.6) is 17.2 Å². The zero-order valence-corrected chi connectivity index (χ0v) is 20.4. The van der Waals surface area contributed by atoms with Crippen LogP contribution in [0.2, 0.25) is 0 Å². The molecule has 3 rings (SSSR count). The predicted molar refractivity (Wildman–Crippen MR) is 139 cm³/mol. The van der Waals surface area contributed by atoms with Crippen LogP contribution >= 0.6 is 0 Å². The second-order valence-electron chi connectivity index (χ2n) is 8.30. The minimum Gasteiger partial charge on any atom is -0.423 e. The highest BCUT2D eigenvalue weighted by Gasteiger charge is 2.12. The van der Waals surface area contributed by atoms with Crippen molar-refractivity contribution in [3.05, 3.63) is 103 Å². The Hall–Kier alpha value is -4.71. The van der Waals surface area contributed by atoms with Gasteiger partial charge in [-0.2, -0.15) is 0 Å². The third-order valence-electron chi connectivity index (χ3n) is 4.96. The van der Waals surface area contributed by atoms with Crippen LogP contribution in [0.15, 0.2) is 103 Å². The third-order valence-corrected chi connectivity index (χ3v) is 4.96. The molecule has 36 heavy (non-hydrogen) atoms. The molecule has 182 valence electrons. The summed E-state index contributed by atoms with van der Waals surface area (Å²) in [4.78, 5) is 35.7. The van der Waals surface area contributed by atoms with Gasteiger partial charge in [-0.25, -0.2) is 14.4 Å². The number of carbonyl (C=O) groups is 3. The van der Waals surface area contributed by atoms with E-state index in [-0.39, 0.29) is 5.57 Å².